The summed E-state index contributed by atoms with van der Waals surface area (Å²) in [6.07, 6.45) is 3.82. The fourth-order valence-electron chi connectivity index (χ4n) is 2.96. The van der Waals surface area contributed by atoms with Crippen LogP contribution in [0.2, 0.25) is 0 Å². The van der Waals surface area contributed by atoms with Crippen molar-refractivity contribution in [3.8, 4) is 0 Å². The first kappa shape index (κ1) is 16.8. The van der Waals surface area contributed by atoms with Crippen molar-refractivity contribution >= 4 is 33.4 Å². The largest absolute Gasteiger partial charge is 0.350 e. The molecule has 1 aliphatic heterocycles. The maximum absolute atomic E-state index is 13.3. The lowest BCUT2D eigenvalue weighted by molar-refractivity contribution is 0.0491. The van der Waals surface area contributed by atoms with Gasteiger partial charge in [0, 0.05) is 25.8 Å². The fourth-order valence-corrected chi connectivity index (χ4v) is 3.78. The van der Waals surface area contributed by atoms with E-state index in [1.54, 1.807) is 6.20 Å². The zero-order chi connectivity index (χ0) is 18.1. The number of likely N-dealkylation sites (tertiary alicyclic amines) is 1. The number of amides is 1. The summed E-state index contributed by atoms with van der Waals surface area (Å²) in [5, 5.41) is 4.97. The Morgan fingerprint density at radius 1 is 1.38 bits per heavy atom. The minimum Gasteiger partial charge on any atom is -0.350 e. The summed E-state index contributed by atoms with van der Waals surface area (Å²) < 4.78 is 14.1. The number of nitrogens with one attached hydrogen (secondary N) is 1. The molecule has 1 aliphatic rings. The number of pyridine rings is 1. The Labute approximate surface area is 154 Å². The third-order valence-electron chi connectivity index (χ3n) is 4.54. The highest BCUT2D eigenvalue weighted by atomic mass is 32.1. The molecule has 0 unspecified atom stereocenters. The van der Waals surface area contributed by atoms with Crippen molar-refractivity contribution in [1.29, 1.82) is 0 Å². The van der Waals surface area contributed by atoms with Gasteiger partial charge in [-0.1, -0.05) is 6.92 Å². The van der Waals surface area contributed by atoms with Crippen LogP contribution in [0.15, 0.2) is 29.9 Å². The number of carbonyl (C=O) groups is 1. The predicted molar refractivity (Wildman–Crippen MR) is 98.6 cm³/mol. The van der Waals surface area contributed by atoms with E-state index in [1.165, 1.54) is 17.4 Å². The van der Waals surface area contributed by atoms with E-state index in [1.807, 2.05) is 16.3 Å². The molecule has 4 heterocycles. The van der Waals surface area contributed by atoms with Crippen LogP contribution in [-0.4, -0.2) is 38.8 Å². The summed E-state index contributed by atoms with van der Waals surface area (Å²) in [7, 11) is 0. The van der Waals surface area contributed by atoms with E-state index < -0.39 is 5.82 Å². The molecule has 1 saturated heterocycles. The molecule has 3 aromatic rings. The van der Waals surface area contributed by atoms with Gasteiger partial charge in [0.25, 0.3) is 5.91 Å². The third kappa shape index (κ3) is 3.24. The number of thiophene rings is 1. The summed E-state index contributed by atoms with van der Waals surface area (Å²) in [4.78, 5) is 27.4. The van der Waals surface area contributed by atoms with Crippen molar-refractivity contribution < 1.29 is 9.18 Å². The summed E-state index contributed by atoms with van der Waals surface area (Å²) in [5.74, 6) is 0.492. The Balaban J connectivity index is 1.57. The van der Waals surface area contributed by atoms with E-state index in [0.29, 0.717) is 29.7 Å². The molecule has 0 aliphatic carbocycles. The van der Waals surface area contributed by atoms with Crippen molar-refractivity contribution in [2.24, 2.45) is 5.92 Å². The number of halogens is 1. The van der Waals surface area contributed by atoms with E-state index in [0.717, 1.165) is 35.9 Å². The molecule has 1 amide bonds. The normalized spacial score (nSPS) is 14.5. The Bertz CT molecular complexity index is 954. The van der Waals surface area contributed by atoms with E-state index in [4.69, 9.17) is 0 Å². The lowest BCUT2D eigenvalue weighted by Crippen LogP contribution is -2.49. The highest BCUT2D eigenvalue weighted by molar-refractivity contribution is 7.17. The molecule has 0 aromatic carbocycles. The van der Waals surface area contributed by atoms with Gasteiger partial charge in [-0.3, -0.25) is 9.78 Å². The van der Waals surface area contributed by atoms with E-state index in [9.17, 15) is 9.18 Å². The second-order valence-corrected chi connectivity index (χ2v) is 7.30. The maximum Gasteiger partial charge on any atom is 0.274 e. The fraction of sp³-hybridized carbons (Fsp3) is 0.333. The van der Waals surface area contributed by atoms with Gasteiger partial charge >= 0.3 is 0 Å². The molecular weight excluding hydrogens is 353 g/mol. The average Bonchev–Trinajstić information content (AvgIpc) is 3.07. The zero-order valence-corrected chi connectivity index (χ0v) is 15.1. The molecule has 0 radical (unpaired) electrons. The van der Waals surface area contributed by atoms with Gasteiger partial charge in [-0.2, -0.15) is 0 Å². The lowest BCUT2D eigenvalue weighted by Gasteiger charge is -2.38. The number of hydrogen-bond donors (Lipinski definition) is 1. The van der Waals surface area contributed by atoms with Gasteiger partial charge in [0.15, 0.2) is 5.69 Å². The quantitative estimate of drug-likeness (QED) is 0.745. The van der Waals surface area contributed by atoms with Crippen molar-refractivity contribution in [1.82, 2.24) is 19.9 Å². The van der Waals surface area contributed by atoms with E-state index in [2.05, 4.69) is 27.2 Å². The molecule has 0 saturated carbocycles. The van der Waals surface area contributed by atoms with E-state index in [-0.39, 0.29) is 5.91 Å². The van der Waals surface area contributed by atoms with Gasteiger partial charge in [0.05, 0.1) is 16.4 Å². The van der Waals surface area contributed by atoms with Crippen molar-refractivity contribution in [2.75, 3.05) is 18.4 Å². The van der Waals surface area contributed by atoms with Crippen LogP contribution in [0.25, 0.3) is 10.2 Å². The highest BCUT2D eigenvalue weighted by Crippen LogP contribution is 2.27. The van der Waals surface area contributed by atoms with Crippen molar-refractivity contribution in [3.63, 3.8) is 0 Å². The minimum absolute atomic E-state index is 0.0555. The summed E-state index contributed by atoms with van der Waals surface area (Å²) in [5.41, 5.74) is 1.85. The number of fused-ring (bicyclic) bond motifs is 1. The minimum atomic E-state index is -0.391. The molecule has 0 spiro atoms. The third-order valence-corrected chi connectivity index (χ3v) is 5.45. The van der Waals surface area contributed by atoms with Crippen molar-refractivity contribution in [2.45, 2.75) is 19.9 Å². The molecule has 0 atom stereocenters. The monoisotopic (exact) mass is 371 g/mol. The van der Waals surface area contributed by atoms with Crippen LogP contribution in [0, 0.1) is 11.7 Å². The van der Waals surface area contributed by atoms with Crippen LogP contribution < -0.4 is 5.32 Å². The van der Waals surface area contributed by atoms with Gasteiger partial charge in [0.1, 0.15) is 5.82 Å². The van der Waals surface area contributed by atoms with Gasteiger partial charge in [0.2, 0.25) is 5.95 Å². The first-order valence-corrected chi connectivity index (χ1v) is 9.40. The van der Waals surface area contributed by atoms with Crippen LogP contribution in [0.3, 0.4) is 0 Å². The molecule has 1 N–H and O–H groups in total. The smallest absolute Gasteiger partial charge is 0.274 e. The first-order chi connectivity index (χ1) is 12.6. The first-order valence-electron chi connectivity index (χ1n) is 8.52. The molecule has 4 rings (SSSR count). The van der Waals surface area contributed by atoms with Crippen LogP contribution in [0.4, 0.5) is 10.3 Å². The average molecular weight is 371 g/mol. The van der Waals surface area contributed by atoms with Gasteiger partial charge in [-0.15, -0.1) is 11.3 Å². The van der Waals surface area contributed by atoms with Crippen LogP contribution in [0.1, 0.15) is 29.4 Å². The van der Waals surface area contributed by atoms with Crippen LogP contribution >= 0.6 is 11.3 Å². The number of hydrogen-bond acceptors (Lipinski definition) is 6. The number of carbonyl (C=O) groups excluding carboxylic acids is 1. The zero-order valence-electron chi connectivity index (χ0n) is 14.3. The number of aromatic nitrogens is 3. The molecule has 0 bridgehead atoms. The number of nitrogens with zero attached hydrogens (tertiary/aromatic N) is 4. The maximum atomic E-state index is 13.3. The SMILES string of the molecule is CCC1CN(C(=O)c2nc(NCc3cncc(F)c3)nc3ccsc23)C1. The second-order valence-electron chi connectivity index (χ2n) is 6.38. The standard InChI is InChI=1S/C18H18FN5OS/c1-2-11-9-24(10-11)17(25)15-16-14(3-4-26-16)22-18(23-15)21-7-12-5-13(19)8-20-6-12/h3-6,8,11H,2,7,9-10H2,1H3,(H,21,22,23). The van der Waals surface area contributed by atoms with Gasteiger partial charge in [-0.25, -0.2) is 14.4 Å². The molecule has 6 nitrogen and oxygen atoms in total. The molecule has 134 valence electrons. The molecule has 8 heteroatoms. The van der Waals surface area contributed by atoms with Gasteiger partial charge < -0.3 is 10.2 Å². The topological polar surface area (TPSA) is 71.0 Å². The summed E-state index contributed by atoms with van der Waals surface area (Å²) in [6.45, 7) is 4.03. The molecule has 26 heavy (non-hydrogen) atoms. The summed E-state index contributed by atoms with van der Waals surface area (Å²) >= 11 is 1.47. The van der Waals surface area contributed by atoms with Crippen molar-refractivity contribution in [3.05, 3.63) is 47.0 Å². The van der Waals surface area contributed by atoms with Gasteiger partial charge in [-0.05, 0) is 35.4 Å². The Morgan fingerprint density at radius 2 is 2.23 bits per heavy atom. The predicted octanol–water partition coefficient (Wildman–Crippen LogP) is 3.32. The Hall–Kier alpha value is -2.61. The molecule has 1 fully saturated rings. The number of anilines is 1. The van der Waals surface area contributed by atoms with Crippen LogP contribution in [-0.2, 0) is 6.54 Å². The number of rotatable bonds is 5. The Morgan fingerprint density at radius 3 is 3.00 bits per heavy atom. The molecular formula is C18H18FN5OS. The van der Waals surface area contributed by atoms with Crippen LogP contribution in [0.5, 0.6) is 0 Å². The highest BCUT2D eigenvalue weighted by Gasteiger charge is 2.32. The Kier molecular flexibility index (Phi) is 4.50. The lowest BCUT2D eigenvalue weighted by atomic mass is 9.97. The summed E-state index contributed by atoms with van der Waals surface area (Å²) in [6, 6.07) is 3.28. The second kappa shape index (κ2) is 6.95. The van der Waals surface area contributed by atoms with E-state index >= 15 is 0 Å². The molecule has 3 aromatic heterocycles.